The lowest BCUT2D eigenvalue weighted by Gasteiger charge is -2.14. The van der Waals surface area contributed by atoms with Crippen LogP contribution in [-0.4, -0.2) is 39.2 Å². The first-order valence-electron chi connectivity index (χ1n) is 11.2. The Morgan fingerprint density at radius 3 is 2.39 bits per heavy atom. The second-order valence-corrected chi connectivity index (χ2v) is 8.04. The van der Waals surface area contributed by atoms with E-state index >= 15 is 0 Å². The Morgan fingerprint density at radius 1 is 0.970 bits per heavy atom. The summed E-state index contributed by atoms with van der Waals surface area (Å²) in [5.41, 5.74) is 5.09. The van der Waals surface area contributed by atoms with Crippen molar-refractivity contribution >= 4 is 12.0 Å². The van der Waals surface area contributed by atoms with Crippen molar-refractivity contribution in [2.24, 2.45) is 0 Å². The highest BCUT2D eigenvalue weighted by atomic mass is 16.2. The number of likely N-dealkylation sites (N-methyl/N-ethyl adjacent to an activating group) is 1. The molecule has 0 aliphatic carbocycles. The van der Waals surface area contributed by atoms with Crippen LogP contribution in [0.1, 0.15) is 23.1 Å². The van der Waals surface area contributed by atoms with Crippen LogP contribution in [0.5, 0.6) is 0 Å². The second kappa shape index (κ2) is 11.0. The normalized spacial score (nSPS) is 11.1. The fourth-order valence-electron chi connectivity index (χ4n) is 3.70. The topological polar surface area (TPSA) is 51.0 Å². The number of hydrogen-bond acceptors (Lipinski definition) is 3. The number of rotatable bonds is 9. The molecule has 1 amide bonds. The molecular weight excluding hydrogens is 408 g/mol. The Bertz CT molecular complexity index is 1180. The number of pyridine rings is 1. The summed E-state index contributed by atoms with van der Waals surface area (Å²) in [5, 5.41) is 4.78. The SMILES string of the molecule is CN(CCCc1ccccc1)C(=O)C=Cc1cn(Cc2ccccc2)nc1-c1cccnc1. The summed E-state index contributed by atoms with van der Waals surface area (Å²) in [6.07, 6.45) is 10.9. The quantitative estimate of drug-likeness (QED) is 0.343. The van der Waals surface area contributed by atoms with Crippen LogP contribution in [0.15, 0.2) is 97.5 Å². The van der Waals surface area contributed by atoms with Crippen molar-refractivity contribution in [2.45, 2.75) is 19.4 Å². The number of aromatic nitrogens is 3. The first-order valence-corrected chi connectivity index (χ1v) is 11.2. The Morgan fingerprint density at radius 2 is 1.70 bits per heavy atom. The van der Waals surface area contributed by atoms with Crippen molar-refractivity contribution < 1.29 is 4.79 Å². The van der Waals surface area contributed by atoms with E-state index in [1.165, 1.54) is 11.1 Å². The number of aryl methyl sites for hydroxylation is 1. The van der Waals surface area contributed by atoms with Gasteiger partial charge in [0.2, 0.25) is 5.91 Å². The lowest BCUT2D eigenvalue weighted by Crippen LogP contribution is -2.26. The van der Waals surface area contributed by atoms with E-state index in [4.69, 9.17) is 5.10 Å². The third-order valence-corrected chi connectivity index (χ3v) is 5.50. The average molecular weight is 437 g/mol. The predicted molar refractivity (Wildman–Crippen MR) is 132 cm³/mol. The summed E-state index contributed by atoms with van der Waals surface area (Å²) in [7, 11) is 1.85. The fraction of sp³-hybridized carbons (Fsp3) is 0.179. The van der Waals surface area contributed by atoms with E-state index in [9.17, 15) is 4.79 Å². The van der Waals surface area contributed by atoms with Gasteiger partial charge in [0.25, 0.3) is 0 Å². The molecule has 0 aliphatic rings. The molecule has 4 rings (SSSR count). The fourth-order valence-corrected chi connectivity index (χ4v) is 3.70. The Kier molecular flexibility index (Phi) is 7.44. The van der Waals surface area contributed by atoms with Gasteiger partial charge >= 0.3 is 0 Å². The van der Waals surface area contributed by atoms with Crippen LogP contribution in [0.2, 0.25) is 0 Å². The molecule has 0 N–H and O–H groups in total. The molecule has 0 unspecified atom stereocenters. The van der Waals surface area contributed by atoms with Gasteiger partial charge in [-0.05, 0) is 42.2 Å². The van der Waals surface area contributed by atoms with E-state index in [1.54, 1.807) is 23.4 Å². The summed E-state index contributed by atoms with van der Waals surface area (Å²) >= 11 is 0. The zero-order valence-corrected chi connectivity index (χ0v) is 18.8. The maximum absolute atomic E-state index is 12.7. The maximum Gasteiger partial charge on any atom is 0.246 e. The molecule has 33 heavy (non-hydrogen) atoms. The van der Waals surface area contributed by atoms with E-state index in [0.29, 0.717) is 13.1 Å². The van der Waals surface area contributed by atoms with E-state index in [2.05, 4.69) is 29.2 Å². The van der Waals surface area contributed by atoms with Gasteiger partial charge < -0.3 is 4.90 Å². The highest BCUT2D eigenvalue weighted by Crippen LogP contribution is 2.23. The van der Waals surface area contributed by atoms with Gasteiger partial charge in [0.15, 0.2) is 0 Å². The molecule has 0 radical (unpaired) electrons. The van der Waals surface area contributed by atoms with Crippen LogP contribution >= 0.6 is 0 Å². The van der Waals surface area contributed by atoms with Crippen molar-refractivity contribution in [3.8, 4) is 11.3 Å². The minimum atomic E-state index is -0.0176. The van der Waals surface area contributed by atoms with Gasteiger partial charge in [-0.15, -0.1) is 0 Å². The standard InChI is InChI=1S/C28H28N4O/c1-31(19-9-14-23-10-4-2-5-11-23)27(33)17-16-26-22-32(21-24-12-6-3-7-13-24)30-28(26)25-15-8-18-29-20-25/h2-8,10-13,15-18,20,22H,9,14,19,21H2,1H3. The molecule has 0 bridgehead atoms. The number of carbonyl (C=O) groups excluding carboxylic acids is 1. The van der Waals surface area contributed by atoms with Gasteiger partial charge in [0, 0.05) is 49.4 Å². The number of benzene rings is 2. The van der Waals surface area contributed by atoms with Crippen LogP contribution in [0.3, 0.4) is 0 Å². The van der Waals surface area contributed by atoms with Crippen LogP contribution in [0, 0.1) is 0 Å². The molecule has 4 aromatic rings. The van der Waals surface area contributed by atoms with Gasteiger partial charge in [-0.3, -0.25) is 14.5 Å². The molecule has 5 heteroatoms. The van der Waals surface area contributed by atoms with Gasteiger partial charge in [-0.1, -0.05) is 60.7 Å². The van der Waals surface area contributed by atoms with Crippen molar-refractivity contribution in [3.63, 3.8) is 0 Å². The molecule has 5 nitrogen and oxygen atoms in total. The molecule has 2 heterocycles. The summed E-state index contributed by atoms with van der Waals surface area (Å²) in [4.78, 5) is 18.7. The highest BCUT2D eigenvalue weighted by Gasteiger charge is 2.11. The van der Waals surface area contributed by atoms with Gasteiger partial charge in [-0.2, -0.15) is 5.10 Å². The second-order valence-electron chi connectivity index (χ2n) is 8.04. The first-order chi connectivity index (χ1) is 16.2. The largest absolute Gasteiger partial charge is 0.342 e. The lowest BCUT2D eigenvalue weighted by atomic mass is 10.1. The minimum Gasteiger partial charge on any atom is -0.342 e. The molecule has 2 aromatic carbocycles. The van der Waals surface area contributed by atoms with Crippen molar-refractivity contribution in [1.82, 2.24) is 19.7 Å². The summed E-state index contributed by atoms with van der Waals surface area (Å²) in [6.45, 7) is 1.37. The zero-order valence-electron chi connectivity index (χ0n) is 18.8. The van der Waals surface area contributed by atoms with E-state index in [1.807, 2.05) is 72.5 Å². The molecule has 166 valence electrons. The van der Waals surface area contributed by atoms with Gasteiger partial charge in [0.1, 0.15) is 5.69 Å². The monoisotopic (exact) mass is 436 g/mol. The molecular formula is C28H28N4O. The van der Waals surface area contributed by atoms with Crippen LogP contribution < -0.4 is 0 Å². The Hall–Kier alpha value is -3.99. The summed E-state index contributed by atoms with van der Waals surface area (Å²) in [6, 6.07) is 24.4. The molecule has 0 atom stereocenters. The van der Waals surface area contributed by atoms with E-state index in [-0.39, 0.29) is 5.91 Å². The molecule has 0 aliphatic heterocycles. The third-order valence-electron chi connectivity index (χ3n) is 5.50. The van der Waals surface area contributed by atoms with E-state index in [0.717, 1.165) is 29.7 Å². The maximum atomic E-state index is 12.7. The molecule has 2 aromatic heterocycles. The Labute approximate surface area is 195 Å². The van der Waals surface area contributed by atoms with Crippen LogP contribution in [0.4, 0.5) is 0 Å². The lowest BCUT2D eigenvalue weighted by molar-refractivity contribution is -0.124. The summed E-state index contributed by atoms with van der Waals surface area (Å²) < 4.78 is 1.91. The predicted octanol–water partition coefficient (Wildman–Crippen LogP) is 5.10. The zero-order chi connectivity index (χ0) is 22.9. The number of nitrogens with zero attached hydrogens (tertiary/aromatic N) is 4. The number of carbonyl (C=O) groups is 1. The van der Waals surface area contributed by atoms with Crippen LogP contribution in [0.25, 0.3) is 17.3 Å². The smallest absolute Gasteiger partial charge is 0.246 e. The molecule has 0 fully saturated rings. The van der Waals surface area contributed by atoms with Crippen molar-refractivity contribution in [3.05, 3.63) is 114 Å². The molecule has 0 saturated heterocycles. The van der Waals surface area contributed by atoms with Gasteiger partial charge in [-0.25, -0.2) is 0 Å². The van der Waals surface area contributed by atoms with Crippen molar-refractivity contribution in [2.75, 3.05) is 13.6 Å². The number of amides is 1. The minimum absolute atomic E-state index is 0.0176. The molecule has 0 spiro atoms. The highest BCUT2D eigenvalue weighted by molar-refractivity contribution is 5.92. The number of hydrogen-bond donors (Lipinski definition) is 0. The first kappa shape index (κ1) is 22.2. The van der Waals surface area contributed by atoms with Crippen molar-refractivity contribution in [1.29, 1.82) is 0 Å². The average Bonchev–Trinajstić information content (AvgIpc) is 3.26. The van der Waals surface area contributed by atoms with Crippen LogP contribution in [-0.2, 0) is 17.8 Å². The Balaban J connectivity index is 1.45. The van der Waals surface area contributed by atoms with E-state index < -0.39 is 0 Å². The van der Waals surface area contributed by atoms with Gasteiger partial charge in [0.05, 0.1) is 6.54 Å². The third kappa shape index (κ3) is 6.26. The molecule has 0 saturated carbocycles. The summed E-state index contributed by atoms with van der Waals surface area (Å²) in [5.74, 6) is -0.0176.